The molecular weight excluding hydrogens is 284 g/mol. The Balaban J connectivity index is 2.19. The number of rotatable bonds is 2. The first-order chi connectivity index (χ1) is 7.89. The van der Waals surface area contributed by atoms with E-state index in [1.54, 1.807) is 31.0 Å². The van der Waals surface area contributed by atoms with Crippen LogP contribution in [0.2, 0.25) is 0 Å². The SMILES string of the molecule is CC(C)(O)[C@H]1CCCN1C(=O)c1cc(Br)c[nH]1. The number of hydrogen-bond donors (Lipinski definition) is 2. The van der Waals surface area contributed by atoms with Crippen molar-refractivity contribution in [3.8, 4) is 0 Å². The average Bonchev–Trinajstić information content (AvgIpc) is 2.83. The highest BCUT2D eigenvalue weighted by Gasteiger charge is 2.38. The fraction of sp³-hybridized carbons (Fsp3) is 0.583. The van der Waals surface area contributed by atoms with Gasteiger partial charge in [0.1, 0.15) is 5.69 Å². The van der Waals surface area contributed by atoms with Crippen molar-refractivity contribution in [1.82, 2.24) is 9.88 Å². The van der Waals surface area contributed by atoms with Crippen molar-refractivity contribution in [3.63, 3.8) is 0 Å². The number of hydrogen-bond acceptors (Lipinski definition) is 2. The first-order valence-corrected chi connectivity index (χ1v) is 6.56. The Morgan fingerprint density at radius 1 is 1.65 bits per heavy atom. The average molecular weight is 301 g/mol. The van der Waals surface area contributed by atoms with Gasteiger partial charge in [-0.1, -0.05) is 0 Å². The molecule has 0 spiro atoms. The van der Waals surface area contributed by atoms with Crippen LogP contribution in [0.1, 0.15) is 37.2 Å². The molecule has 1 amide bonds. The third kappa shape index (κ3) is 2.55. The molecule has 4 nitrogen and oxygen atoms in total. The third-order valence-electron chi connectivity index (χ3n) is 3.21. The van der Waals surface area contributed by atoms with Crippen molar-refractivity contribution in [2.75, 3.05) is 6.54 Å². The number of aromatic nitrogens is 1. The molecule has 1 saturated heterocycles. The van der Waals surface area contributed by atoms with Crippen LogP contribution in [0.5, 0.6) is 0 Å². The molecule has 1 atom stereocenters. The summed E-state index contributed by atoms with van der Waals surface area (Å²) in [7, 11) is 0. The molecule has 2 N–H and O–H groups in total. The van der Waals surface area contributed by atoms with Gasteiger partial charge >= 0.3 is 0 Å². The van der Waals surface area contributed by atoms with Gasteiger partial charge in [-0.3, -0.25) is 4.79 Å². The lowest BCUT2D eigenvalue weighted by Crippen LogP contribution is -2.48. The first-order valence-electron chi connectivity index (χ1n) is 5.77. The molecule has 1 aromatic rings. The van der Waals surface area contributed by atoms with Crippen molar-refractivity contribution in [1.29, 1.82) is 0 Å². The van der Waals surface area contributed by atoms with Gasteiger partial charge in [0.25, 0.3) is 5.91 Å². The van der Waals surface area contributed by atoms with E-state index < -0.39 is 5.60 Å². The van der Waals surface area contributed by atoms with E-state index in [9.17, 15) is 9.90 Å². The molecule has 94 valence electrons. The Morgan fingerprint density at radius 2 is 2.35 bits per heavy atom. The summed E-state index contributed by atoms with van der Waals surface area (Å²) in [5, 5.41) is 10.1. The molecule has 0 bridgehead atoms. The molecule has 1 fully saturated rings. The number of likely N-dealkylation sites (tertiary alicyclic amines) is 1. The molecular formula is C12H17BrN2O2. The summed E-state index contributed by atoms with van der Waals surface area (Å²) in [5.74, 6) is -0.0414. The molecule has 0 saturated carbocycles. The lowest BCUT2D eigenvalue weighted by atomic mass is 9.96. The third-order valence-corrected chi connectivity index (χ3v) is 3.67. The smallest absolute Gasteiger partial charge is 0.270 e. The van der Waals surface area contributed by atoms with E-state index in [-0.39, 0.29) is 11.9 Å². The van der Waals surface area contributed by atoms with E-state index in [0.717, 1.165) is 17.3 Å². The minimum atomic E-state index is -0.851. The summed E-state index contributed by atoms with van der Waals surface area (Å²) < 4.78 is 0.861. The number of H-pyrrole nitrogens is 1. The Morgan fingerprint density at radius 3 is 2.88 bits per heavy atom. The molecule has 0 aliphatic carbocycles. The second-order valence-corrected chi connectivity index (χ2v) is 5.96. The van der Waals surface area contributed by atoms with Crippen LogP contribution in [0, 0.1) is 0 Å². The summed E-state index contributed by atoms with van der Waals surface area (Å²) in [6.45, 7) is 4.23. The van der Waals surface area contributed by atoms with E-state index in [4.69, 9.17) is 0 Å². The maximum absolute atomic E-state index is 12.3. The zero-order valence-electron chi connectivity index (χ0n) is 10.0. The number of carbonyl (C=O) groups excluding carboxylic acids is 1. The van der Waals surface area contributed by atoms with Crippen molar-refractivity contribution in [3.05, 3.63) is 22.4 Å². The van der Waals surface area contributed by atoms with Gasteiger partial charge in [0.15, 0.2) is 0 Å². The van der Waals surface area contributed by atoms with Crippen molar-refractivity contribution in [2.45, 2.75) is 38.3 Å². The number of nitrogens with zero attached hydrogens (tertiary/aromatic N) is 1. The predicted octanol–water partition coefficient (Wildman–Crippen LogP) is 2.15. The van der Waals surface area contributed by atoms with Crippen molar-refractivity contribution in [2.24, 2.45) is 0 Å². The normalized spacial score (nSPS) is 20.9. The molecule has 2 rings (SSSR count). The van der Waals surface area contributed by atoms with Crippen LogP contribution in [0.15, 0.2) is 16.7 Å². The molecule has 1 aromatic heterocycles. The fourth-order valence-corrected chi connectivity index (χ4v) is 2.73. The number of aliphatic hydroxyl groups is 1. The van der Waals surface area contributed by atoms with Gasteiger partial charge in [-0.15, -0.1) is 0 Å². The quantitative estimate of drug-likeness (QED) is 0.879. The Bertz CT molecular complexity index is 422. The molecule has 0 aromatic carbocycles. The standard InChI is InChI=1S/C12H17BrN2O2/c1-12(2,17)10-4-3-5-15(10)11(16)9-6-8(13)7-14-9/h6-7,10,14,17H,3-5H2,1-2H3/t10-/m1/s1. The molecule has 1 aliphatic rings. The Kier molecular flexibility index (Phi) is 3.32. The van der Waals surface area contributed by atoms with Gasteiger partial charge in [-0.25, -0.2) is 0 Å². The zero-order chi connectivity index (χ0) is 12.6. The number of aromatic amines is 1. The highest BCUT2D eigenvalue weighted by molar-refractivity contribution is 9.10. The zero-order valence-corrected chi connectivity index (χ0v) is 11.6. The van der Waals surface area contributed by atoms with Gasteiger partial charge in [-0.05, 0) is 48.7 Å². The Labute approximate surface area is 109 Å². The maximum atomic E-state index is 12.3. The monoisotopic (exact) mass is 300 g/mol. The van der Waals surface area contributed by atoms with E-state index in [2.05, 4.69) is 20.9 Å². The predicted molar refractivity (Wildman–Crippen MR) is 68.8 cm³/mol. The van der Waals surface area contributed by atoms with Crippen LogP contribution in [-0.2, 0) is 0 Å². The van der Waals surface area contributed by atoms with Crippen LogP contribution < -0.4 is 0 Å². The summed E-state index contributed by atoms with van der Waals surface area (Å²) in [6.07, 6.45) is 3.54. The van der Waals surface area contributed by atoms with Gasteiger partial charge in [0.05, 0.1) is 11.6 Å². The summed E-state index contributed by atoms with van der Waals surface area (Å²) in [6, 6.07) is 1.67. The first kappa shape index (κ1) is 12.6. The van der Waals surface area contributed by atoms with Crippen molar-refractivity contribution >= 4 is 21.8 Å². The van der Waals surface area contributed by atoms with Crippen LogP contribution >= 0.6 is 15.9 Å². The number of amides is 1. The summed E-state index contributed by atoms with van der Waals surface area (Å²) in [5.41, 5.74) is -0.288. The molecule has 2 heterocycles. The van der Waals surface area contributed by atoms with Gasteiger partial charge in [-0.2, -0.15) is 0 Å². The molecule has 17 heavy (non-hydrogen) atoms. The van der Waals surface area contributed by atoms with Crippen molar-refractivity contribution < 1.29 is 9.90 Å². The van der Waals surface area contributed by atoms with Crippen LogP contribution in [0.25, 0.3) is 0 Å². The fourth-order valence-electron chi connectivity index (χ4n) is 2.39. The number of nitrogens with one attached hydrogen (secondary N) is 1. The van der Waals surface area contributed by atoms with E-state index >= 15 is 0 Å². The van der Waals surface area contributed by atoms with Gasteiger partial charge in [0, 0.05) is 17.2 Å². The van der Waals surface area contributed by atoms with Crippen LogP contribution in [-0.4, -0.2) is 39.1 Å². The second kappa shape index (κ2) is 4.46. The van der Waals surface area contributed by atoms with Crippen LogP contribution in [0.4, 0.5) is 0 Å². The largest absolute Gasteiger partial charge is 0.388 e. The minimum Gasteiger partial charge on any atom is -0.388 e. The number of halogens is 1. The molecule has 5 heteroatoms. The lowest BCUT2D eigenvalue weighted by Gasteiger charge is -2.33. The van der Waals surface area contributed by atoms with E-state index in [1.807, 2.05) is 0 Å². The lowest BCUT2D eigenvalue weighted by molar-refractivity contribution is 0.000144. The molecule has 0 radical (unpaired) electrons. The highest BCUT2D eigenvalue weighted by Crippen LogP contribution is 2.28. The highest BCUT2D eigenvalue weighted by atomic mass is 79.9. The topological polar surface area (TPSA) is 56.3 Å². The summed E-state index contributed by atoms with van der Waals surface area (Å²) >= 11 is 3.31. The minimum absolute atomic E-state index is 0.0414. The Hall–Kier alpha value is -0.810. The van der Waals surface area contributed by atoms with E-state index in [0.29, 0.717) is 12.2 Å². The number of carbonyl (C=O) groups is 1. The second-order valence-electron chi connectivity index (χ2n) is 5.04. The molecule has 1 aliphatic heterocycles. The van der Waals surface area contributed by atoms with E-state index in [1.165, 1.54) is 0 Å². The molecule has 0 unspecified atom stereocenters. The summed E-state index contributed by atoms with van der Waals surface area (Å²) in [4.78, 5) is 17.0. The van der Waals surface area contributed by atoms with Gasteiger partial charge in [0.2, 0.25) is 0 Å². The van der Waals surface area contributed by atoms with Crippen LogP contribution in [0.3, 0.4) is 0 Å². The maximum Gasteiger partial charge on any atom is 0.270 e. The van der Waals surface area contributed by atoms with Gasteiger partial charge < -0.3 is 15.0 Å².